The molecule has 18 heavy (non-hydrogen) atoms. The predicted molar refractivity (Wildman–Crippen MR) is 77.2 cm³/mol. The van der Waals surface area contributed by atoms with Crippen LogP contribution in [0.5, 0.6) is 0 Å². The van der Waals surface area contributed by atoms with Crippen LogP contribution in [0.15, 0.2) is 0 Å². The van der Waals surface area contributed by atoms with Gasteiger partial charge in [-0.25, -0.2) is 4.79 Å². The first-order valence-electron chi connectivity index (χ1n) is 6.62. The standard InChI is InChI=1S/C13H26N2O2S/c1-9(15-11-6-7-18-10(11)2)8-14-12(16)17-13(3,4)5/h9-11,15H,6-8H2,1-5H3,(H,14,16). The summed E-state index contributed by atoms with van der Waals surface area (Å²) < 4.78 is 5.20. The molecule has 3 atom stereocenters. The maximum atomic E-state index is 11.5. The first-order chi connectivity index (χ1) is 8.28. The van der Waals surface area contributed by atoms with E-state index < -0.39 is 5.60 Å². The summed E-state index contributed by atoms with van der Waals surface area (Å²) in [6.07, 6.45) is 0.868. The number of hydrogen-bond donors (Lipinski definition) is 2. The number of amides is 1. The van der Waals surface area contributed by atoms with Gasteiger partial charge in [0.25, 0.3) is 0 Å². The highest BCUT2D eigenvalue weighted by atomic mass is 32.2. The SMILES string of the molecule is CC(CNC(=O)OC(C)(C)C)NC1CCSC1C. The first kappa shape index (κ1) is 15.6. The topological polar surface area (TPSA) is 50.4 Å². The van der Waals surface area contributed by atoms with Gasteiger partial charge in [-0.3, -0.25) is 0 Å². The molecule has 0 spiro atoms. The highest BCUT2D eigenvalue weighted by molar-refractivity contribution is 8.00. The lowest BCUT2D eigenvalue weighted by molar-refractivity contribution is 0.0522. The summed E-state index contributed by atoms with van der Waals surface area (Å²) in [4.78, 5) is 11.5. The quantitative estimate of drug-likeness (QED) is 0.826. The summed E-state index contributed by atoms with van der Waals surface area (Å²) >= 11 is 2.01. The molecule has 1 saturated heterocycles. The Hall–Kier alpha value is -0.420. The smallest absolute Gasteiger partial charge is 0.407 e. The Morgan fingerprint density at radius 2 is 2.17 bits per heavy atom. The summed E-state index contributed by atoms with van der Waals surface area (Å²) in [7, 11) is 0. The van der Waals surface area contributed by atoms with Crippen LogP contribution in [0.4, 0.5) is 4.79 Å². The van der Waals surface area contributed by atoms with Crippen molar-refractivity contribution in [2.45, 2.75) is 64.0 Å². The first-order valence-corrected chi connectivity index (χ1v) is 7.67. The van der Waals surface area contributed by atoms with Gasteiger partial charge >= 0.3 is 6.09 Å². The highest BCUT2D eigenvalue weighted by Gasteiger charge is 2.25. The molecule has 4 nitrogen and oxygen atoms in total. The number of thioether (sulfide) groups is 1. The van der Waals surface area contributed by atoms with E-state index in [0.29, 0.717) is 17.8 Å². The minimum Gasteiger partial charge on any atom is -0.444 e. The third kappa shape index (κ3) is 5.96. The monoisotopic (exact) mass is 274 g/mol. The molecule has 3 unspecified atom stereocenters. The van der Waals surface area contributed by atoms with Crippen molar-refractivity contribution in [3.8, 4) is 0 Å². The largest absolute Gasteiger partial charge is 0.444 e. The van der Waals surface area contributed by atoms with Crippen LogP contribution in [0.3, 0.4) is 0 Å². The second kappa shape index (κ2) is 6.66. The molecule has 5 heteroatoms. The number of hydrogen-bond acceptors (Lipinski definition) is 4. The van der Waals surface area contributed by atoms with E-state index in [-0.39, 0.29) is 12.1 Å². The van der Waals surface area contributed by atoms with Crippen molar-refractivity contribution in [1.82, 2.24) is 10.6 Å². The van der Waals surface area contributed by atoms with Crippen LogP contribution in [0.1, 0.15) is 41.0 Å². The molecule has 1 fully saturated rings. The van der Waals surface area contributed by atoms with Crippen LogP contribution in [0.25, 0.3) is 0 Å². The number of carbonyl (C=O) groups excluding carboxylic acids is 1. The van der Waals surface area contributed by atoms with E-state index in [1.54, 1.807) is 0 Å². The van der Waals surface area contributed by atoms with E-state index in [0.717, 1.165) is 0 Å². The van der Waals surface area contributed by atoms with E-state index >= 15 is 0 Å². The molecule has 1 heterocycles. The number of ether oxygens (including phenoxy) is 1. The lowest BCUT2D eigenvalue weighted by atomic mass is 10.1. The van der Waals surface area contributed by atoms with E-state index in [4.69, 9.17) is 4.74 Å². The third-order valence-electron chi connectivity index (χ3n) is 2.83. The van der Waals surface area contributed by atoms with E-state index in [9.17, 15) is 4.79 Å². The maximum Gasteiger partial charge on any atom is 0.407 e. The molecule has 0 bridgehead atoms. The summed E-state index contributed by atoms with van der Waals surface area (Å²) in [5.74, 6) is 1.23. The summed E-state index contributed by atoms with van der Waals surface area (Å²) in [5, 5.41) is 7.01. The van der Waals surface area contributed by atoms with Crippen molar-refractivity contribution < 1.29 is 9.53 Å². The van der Waals surface area contributed by atoms with Gasteiger partial charge in [0, 0.05) is 23.9 Å². The number of carbonyl (C=O) groups is 1. The molecular weight excluding hydrogens is 248 g/mol. The molecule has 0 aromatic rings. The average Bonchev–Trinajstić information content (AvgIpc) is 2.59. The lowest BCUT2D eigenvalue weighted by Crippen LogP contribution is -2.46. The van der Waals surface area contributed by atoms with Gasteiger partial charge in [0.1, 0.15) is 5.60 Å². The fourth-order valence-electron chi connectivity index (χ4n) is 1.93. The number of alkyl carbamates (subject to hydrolysis) is 1. The second-order valence-electron chi connectivity index (χ2n) is 5.92. The Bertz CT molecular complexity index is 279. The Balaban J connectivity index is 2.20. The minimum absolute atomic E-state index is 0.267. The molecule has 0 radical (unpaired) electrons. The van der Waals surface area contributed by atoms with Crippen molar-refractivity contribution in [1.29, 1.82) is 0 Å². The molecule has 1 aliphatic heterocycles. The number of rotatable bonds is 4. The molecule has 0 aromatic carbocycles. The van der Waals surface area contributed by atoms with Crippen LogP contribution in [-0.2, 0) is 4.74 Å². The molecule has 1 rings (SSSR count). The van der Waals surface area contributed by atoms with Gasteiger partial charge in [0.15, 0.2) is 0 Å². The molecule has 106 valence electrons. The van der Waals surface area contributed by atoms with Gasteiger partial charge in [-0.15, -0.1) is 0 Å². The molecular formula is C13H26N2O2S. The van der Waals surface area contributed by atoms with Crippen LogP contribution in [0.2, 0.25) is 0 Å². The normalized spacial score (nSPS) is 25.8. The Morgan fingerprint density at radius 3 is 2.67 bits per heavy atom. The lowest BCUT2D eigenvalue weighted by Gasteiger charge is -2.24. The van der Waals surface area contributed by atoms with Gasteiger partial charge in [0.2, 0.25) is 0 Å². The van der Waals surface area contributed by atoms with Gasteiger partial charge in [-0.2, -0.15) is 11.8 Å². The van der Waals surface area contributed by atoms with E-state index in [1.807, 2.05) is 32.5 Å². The minimum atomic E-state index is -0.433. The van der Waals surface area contributed by atoms with Crippen LogP contribution >= 0.6 is 11.8 Å². The molecule has 0 saturated carbocycles. The number of nitrogens with one attached hydrogen (secondary N) is 2. The maximum absolute atomic E-state index is 11.5. The highest BCUT2D eigenvalue weighted by Crippen LogP contribution is 2.26. The van der Waals surface area contributed by atoms with Gasteiger partial charge in [-0.05, 0) is 39.9 Å². The van der Waals surface area contributed by atoms with Gasteiger partial charge in [0.05, 0.1) is 0 Å². The molecule has 0 aliphatic carbocycles. The average molecular weight is 274 g/mol. The summed E-state index contributed by atoms with van der Waals surface area (Å²) in [5.41, 5.74) is -0.433. The zero-order chi connectivity index (χ0) is 13.8. The zero-order valence-corrected chi connectivity index (χ0v) is 12.9. The van der Waals surface area contributed by atoms with Crippen molar-refractivity contribution >= 4 is 17.9 Å². The van der Waals surface area contributed by atoms with Crippen LogP contribution < -0.4 is 10.6 Å². The van der Waals surface area contributed by atoms with Crippen molar-refractivity contribution in [3.63, 3.8) is 0 Å². The van der Waals surface area contributed by atoms with E-state index in [2.05, 4.69) is 24.5 Å². The summed E-state index contributed by atoms with van der Waals surface area (Å²) in [6.45, 7) is 10.5. The molecule has 1 amide bonds. The van der Waals surface area contributed by atoms with E-state index in [1.165, 1.54) is 12.2 Å². The second-order valence-corrected chi connectivity index (χ2v) is 7.41. The fourth-order valence-corrected chi connectivity index (χ4v) is 3.13. The van der Waals surface area contributed by atoms with Crippen LogP contribution in [-0.4, -0.2) is 41.3 Å². The third-order valence-corrected chi connectivity index (χ3v) is 4.15. The Morgan fingerprint density at radius 1 is 1.50 bits per heavy atom. The van der Waals surface area contributed by atoms with Crippen LogP contribution in [0, 0.1) is 0 Å². The van der Waals surface area contributed by atoms with Crippen molar-refractivity contribution in [3.05, 3.63) is 0 Å². The van der Waals surface area contributed by atoms with Crippen molar-refractivity contribution in [2.75, 3.05) is 12.3 Å². The molecule has 0 aromatic heterocycles. The fraction of sp³-hybridized carbons (Fsp3) is 0.923. The molecule has 1 aliphatic rings. The van der Waals surface area contributed by atoms with Crippen molar-refractivity contribution in [2.24, 2.45) is 0 Å². The Labute approximate surface area is 115 Å². The molecule has 2 N–H and O–H groups in total. The Kier molecular flexibility index (Phi) is 5.79. The van der Waals surface area contributed by atoms with Gasteiger partial charge < -0.3 is 15.4 Å². The predicted octanol–water partition coefficient (Wildman–Crippen LogP) is 2.38. The summed E-state index contributed by atoms with van der Waals surface area (Å²) in [6, 6.07) is 0.828. The van der Waals surface area contributed by atoms with Gasteiger partial charge in [-0.1, -0.05) is 6.92 Å². The zero-order valence-electron chi connectivity index (χ0n) is 12.1.